The van der Waals surface area contributed by atoms with Crippen LogP contribution in [-0.4, -0.2) is 47.8 Å². The molecule has 1 aromatic rings. The SMILES string of the molecule is CCC1CCCCN1CCCNC(=S)Nc1ccc(OC)nc1. The van der Waals surface area contributed by atoms with Crippen molar-refractivity contribution >= 4 is 23.0 Å². The van der Waals surface area contributed by atoms with Crippen molar-refractivity contribution in [1.82, 2.24) is 15.2 Å². The summed E-state index contributed by atoms with van der Waals surface area (Å²) < 4.78 is 5.04. The molecule has 0 spiro atoms. The van der Waals surface area contributed by atoms with Crippen LogP contribution in [0.5, 0.6) is 5.88 Å². The van der Waals surface area contributed by atoms with Crippen LogP contribution in [0.3, 0.4) is 0 Å². The Labute approximate surface area is 144 Å². The van der Waals surface area contributed by atoms with Crippen molar-refractivity contribution in [3.63, 3.8) is 0 Å². The van der Waals surface area contributed by atoms with Crippen molar-refractivity contribution in [2.45, 2.75) is 45.1 Å². The summed E-state index contributed by atoms with van der Waals surface area (Å²) in [6.45, 7) is 5.59. The number of nitrogens with one attached hydrogen (secondary N) is 2. The van der Waals surface area contributed by atoms with Gasteiger partial charge in [0.1, 0.15) is 0 Å². The van der Waals surface area contributed by atoms with Crippen LogP contribution in [0, 0.1) is 0 Å². The van der Waals surface area contributed by atoms with Crippen LogP contribution in [0.25, 0.3) is 0 Å². The van der Waals surface area contributed by atoms with Gasteiger partial charge in [-0.3, -0.25) is 0 Å². The molecule has 0 aromatic carbocycles. The molecule has 1 unspecified atom stereocenters. The predicted octanol–water partition coefficient (Wildman–Crippen LogP) is 3.03. The summed E-state index contributed by atoms with van der Waals surface area (Å²) >= 11 is 5.32. The van der Waals surface area contributed by atoms with Crippen molar-refractivity contribution in [3.05, 3.63) is 18.3 Å². The lowest BCUT2D eigenvalue weighted by molar-refractivity contribution is 0.143. The van der Waals surface area contributed by atoms with Crippen molar-refractivity contribution in [2.75, 3.05) is 32.1 Å². The van der Waals surface area contributed by atoms with Crippen LogP contribution >= 0.6 is 12.2 Å². The van der Waals surface area contributed by atoms with E-state index in [0.717, 1.165) is 31.2 Å². The van der Waals surface area contributed by atoms with Crippen molar-refractivity contribution in [3.8, 4) is 5.88 Å². The lowest BCUT2D eigenvalue weighted by atomic mass is 10.00. The maximum Gasteiger partial charge on any atom is 0.213 e. The molecule has 2 heterocycles. The number of pyridine rings is 1. The molecule has 0 saturated carbocycles. The lowest BCUT2D eigenvalue weighted by Crippen LogP contribution is -2.40. The number of thiocarbonyl (C=S) groups is 1. The van der Waals surface area contributed by atoms with Gasteiger partial charge in [-0.2, -0.15) is 0 Å². The molecule has 1 aliphatic heterocycles. The number of likely N-dealkylation sites (tertiary alicyclic amines) is 1. The predicted molar refractivity (Wildman–Crippen MR) is 99.1 cm³/mol. The Hall–Kier alpha value is -1.40. The molecule has 5 nitrogen and oxygen atoms in total. The molecule has 1 saturated heterocycles. The van der Waals surface area contributed by atoms with Gasteiger partial charge in [0, 0.05) is 25.2 Å². The summed E-state index contributed by atoms with van der Waals surface area (Å²) in [6.07, 6.45) is 8.17. The van der Waals surface area contributed by atoms with E-state index in [-0.39, 0.29) is 0 Å². The Morgan fingerprint density at radius 2 is 2.30 bits per heavy atom. The first-order valence-corrected chi connectivity index (χ1v) is 8.92. The highest BCUT2D eigenvalue weighted by Crippen LogP contribution is 2.19. The second-order valence-corrected chi connectivity index (χ2v) is 6.33. The van der Waals surface area contributed by atoms with Crippen molar-refractivity contribution in [2.24, 2.45) is 0 Å². The largest absolute Gasteiger partial charge is 0.481 e. The normalized spacial score (nSPS) is 18.4. The van der Waals surface area contributed by atoms with E-state index >= 15 is 0 Å². The molecule has 0 radical (unpaired) electrons. The van der Waals surface area contributed by atoms with Gasteiger partial charge in [-0.05, 0) is 50.5 Å². The Morgan fingerprint density at radius 1 is 1.43 bits per heavy atom. The third-order valence-corrected chi connectivity index (χ3v) is 4.58. The fourth-order valence-electron chi connectivity index (χ4n) is 3.05. The number of ether oxygens (including phenoxy) is 1. The highest BCUT2D eigenvalue weighted by molar-refractivity contribution is 7.80. The number of aromatic nitrogens is 1. The van der Waals surface area contributed by atoms with Crippen LogP contribution in [-0.2, 0) is 0 Å². The minimum absolute atomic E-state index is 0.599. The van der Waals surface area contributed by atoms with E-state index in [1.807, 2.05) is 12.1 Å². The third kappa shape index (κ3) is 5.95. The average molecular weight is 337 g/mol. The Morgan fingerprint density at radius 3 is 3.00 bits per heavy atom. The maximum atomic E-state index is 5.32. The first kappa shape index (κ1) is 17.9. The smallest absolute Gasteiger partial charge is 0.213 e. The molecule has 1 atom stereocenters. The maximum absolute atomic E-state index is 5.32. The molecule has 0 bridgehead atoms. The van der Waals surface area contributed by atoms with E-state index in [9.17, 15) is 0 Å². The lowest BCUT2D eigenvalue weighted by Gasteiger charge is -2.35. The molecule has 2 N–H and O–H groups in total. The van der Waals surface area contributed by atoms with Crippen LogP contribution in [0.1, 0.15) is 39.0 Å². The second-order valence-electron chi connectivity index (χ2n) is 5.92. The van der Waals surface area contributed by atoms with E-state index < -0.39 is 0 Å². The zero-order valence-corrected chi connectivity index (χ0v) is 15.0. The monoisotopic (exact) mass is 336 g/mol. The fourth-order valence-corrected chi connectivity index (χ4v) is 3.27. The molecular formula is C17H28N4OS. The minimum Gasteiger partial charge on any atom is -0.481 e. The fraction of sp³-hybridized carbons (Fsp3) is 0.647. The van der Waals surface area contributed by atoms with Gasteiger partial charge in [0.2, 0.25) is 5.88 Å². The van der Waals surface area contributed by atoms with Crippen LogP contribution in [0.4, 0.5) is 5.69 Å². The summed E-state index contributed by atoms with van der Waals surface area (Å²) in [4.78, 5) is 6.78. The van der Waals surface area contributed by atoms with Gasteiger partial charge >= 0.3 is 0 Å². The first-order valence-electron chi connectivity index (χ1n) is 8.52. The van der Waals surface area contributed by atoms with E-state index in [1.54, 1.807) is 13.3 Å². The molecule has 23 heavy (non-hydrogen) atoms. The summed E-state index contributed by atoms with van der Waals surface area (Å²) in [5.74, 6) is 0.599. The number of nitrogens with zero attached hydrogens (tertiary/aromatic N) is 2. The van der Waals surface area contributed by atoms with Crippen LogP contribution in [0.2, 0.25) is 0 Å². The quantitative estimate of drug-likeness (QED) is 0.590. The first-order chi connectivity index (χ1) is 11.2. The molecule has 1 aliphatic rings. The van der Waals surface area contributed by atoms with Crippen LogP contribution < -0.4 is 15.4 Å². The molecule has 1 aromatic heterocycles. The van der Waals surface area contributed by atoms with Gasteiger partial charge < -0.3 is 20.3 Å². The van der Waals surface area contributed by atoms with Gasteiger partial charge in [0.05, 0.1) is 19.0 Å². The van der Waals surface area contributed by atoms with Gasteiger partial charge in [0.15, 0.2) is 5.11 Å². The number of methoxy groups -OCH3 is 1. The molecule has 0 amide bonds. The summed E-state index contributed by atoms with van der Waals surface area (Å²) in [7, 11) is 1.60. The van der Waals surface area contributed by atoms with Gasteiger partial charge in [-0.25, -0.2) is 4.98 Å². The Kier molecular flexibility index (Phi) is 7.55. The Balaban J connectivity index is 1.64. The number of piperidine rings is 1. The third-order valence-electron chi connectivity index (χ3n) is 4.33. The number of hydrogen-bond acceptors (Lipinski definition) is 4. The van der Waals surface area contributed by atoms with Crippen molar-refractivity contribution in [1.29, 1.82) is 0 Å². The molecule has 2 rings (SSSR count). The van der Waals surface area contributed by atoms with Gasteiger partial charge in [-0.1, -0.05) is 13.3 Å². The van der Waals surface area contributed by atoms with Gasteiger partial charge in [-0.15, -0.1) is 0 Å². The minimum atomic E-state index is 0.599. The van der Waals surface area contributed by atoms with E-state index in [1.165, 1.54) is 32.2 Å². The van der Waals surface area contributed by atoms with Crippen LogP contribution in [0.15, 0.2) is 18.3 Å². The number of hydrogen-bond donors (Lipinski definition) is 2. The number of anilines is 1. The molecule has 6 heteroatoms. The zero-order chi connectivity index (χ0) is 16.5. The van der Waals surface area contributed by atoms with Gasteiger partial charge in [0.25, 0.3) is 0 Å². The standard InChI is InChI=1S/C17H28N4OS/c1-3-15-7-4-5-11-21(15)12-6-10-18-17(23)20-14-8-9-16(22-2)19-13-14/h8-9,13,15H,3-7,10-12H2,1-2H3,(H2,18,20,23). The molecule has 0 aliphatic carbocycles. The average Bonchev–Trinajstić information content (AvgIpc) is 2.59. The molecule has 128 valence electrons. The highest BCUT2D eigenvalue weighted by Gasteiger charge is 2.19. The summed E-state index contributed by atoms with van der Waals surface area (Å²) in [6, 6.07) is 4.49. The molecular weight excluding hydrogens is 308 g/mol. The van der Waals surface area contributed by atoms with E-state index in [4.69, 9.17) is 17.0 Å². The topological polar surface area (TPSA) is 49.4 Å². The van der Waals surface area contributed by atoms with E-state index in [0.29, 0.717) is 11.0 Å². The molecule has 1 fully saturated rings. The zero-order valence-electron chi connectivity index (χ0n) is 14.2. The Bertz CT molecular complexity index is 480. The van der Waals surface area contributed by atoms with Crippen molar-refractivity contribution < 1.29 is 4.74 Å². The number of rotatable bonds is 7. The highest BCUT2D eigenvalue weighted by atomic mass is 32.1. The van der Waals surface area contributed by atoms with E-state index in [2.05, 4.69) is 27.4 Å². The second kappa shape index (κ2) is 9.67. The summed E-state index contributed by atoms with van der Waals surface area (Å²) in [5.41, 5.74) is 0.866. The summed E-state index contributed by atoms with van der Waals surface area (Å²) in [5, 5.41) is 7.05.